The predicted octanol–water partition coefficient (Wildman–Crippen LogP) is 97.4. The van der Waals surface area contributed by atoms with Crippen LogP contribution in [0.4, 0.5) is 0 Å². The first-order valence-corrected chi connectivity index (χ1v) is 701. The molecule has 0 aromatic rings. The van der Waals surface area contributed by atoms with E-state index in [1.54, 1.807) is 0 Å². The van der Waals surface area contributed by atoms with Crippen molar-refractivity contribution < 1.29 is 0 Å². The van der Waals surface area contributed by atoms with Crippen LogP contribution in [0.2, 0.25) is 0 Å². The van der Waals surface area contributed by atoms with E-state index in [9.17, 15) is 0 Å². The third-order valence-corrected chi connectivity index (χ3v) is 8760. The fourth-order valence-corrected chi connectivity index (χ4v) is 21800. The quantitative estimate of drug-likeness (QED) is 0.0533. The summed E-state index contributed by atoms with van der Waals surface area (Å²) in [6.07, 6.45) is 0. The molecule has 0 aromatic heterocycles. The molecule has 770 valence electrons. The Hall–Kier alpha value is 80.3. The summed E-state index contributed by atoms with van der Waals surface area (Å²) < 4.78 is 0. The maximum atomic E-state index is 3.49. The molecule has 0 fully saturated rings. The van der Waals surface area contributed by atoms with E-state index in [1.165, 1.54) is 0 Å². The zero-order valence-corrected chi connectivity index (χ0v) is 279. The molecule has 0 N–H and O–H groups in total. The Morgan fingerprint density at radius 1 is 0.0455 bits per heavy atom. The van der Waals surface area contributed by atoms with Gasteiger partial charge in [0, 0.05) is 0 Å². The van der Waals surface area contributed by atoms with Gasteiger partial charge in [0.05, 0.1) is 0 Å². The summed E-state index contributed by atoms with van der Waals surface area (Å²) in [6, 6.07) is 0. The Labute approximate surface area is 1380 Å². The van der Waals surface area contributed by atoms with Crippen LogP contribution in [0, 0.1) is 0 Å². The molecule has 0 amide bonds. The van der Waals surface area contributed by atoms with Crippen LogP contribution in [-0.4, -0.2) is 0 Å². The Morgan fingerprint density at radius 3 is 0.100 bits per heavy atom. The minimum atomic E-state index is -0.669. The average molecular weight is 14000 g/mol. The van der Waals surface area contributed by atoms with Crippen LogP contribution in [-0.2, 0) is 0 Å². The van der Waals surface area contributed by atoms with Crippen molar-refractivity contribution in [3.05, 3.63) is 0 Å². The fourth-order valence-electron chi connectivity index (χ4n) is 1.60. The van der Waals surface area contributed by atoms with E-state index in [0.717, 1.165) is 0 Å². The summed E-state index contributed by atoms with van der Waals surface area (Å²) in [5, 5.41) is 0. The maximum absolute atomic E-state index is 3.49. The molecule has 0 aliphatic carbocycles. The summed E-state index contributed by atoms with van der Waals surface area (Å²) in [4.78, 5) is 0. The van der Waals surface area contributed by atoms with Gasteiger partial charge in [0.25, 0.3) is 0 Å². The summed E-state index contributed by atoms with van der Waals surface area (Å²) in [7, 11) is -33.6. The van der Waals surface area contributed by atoms with Crippen molar-refractivity contribution in [2.75, 3.05) is 0 Å². The molecule has 0 rings (SSSR count). The molecule has 0 aromatic carbocycles. The molecule has 0 unspecified atom stereocenters. The van der Waals surface area contributed by atoms with Crippen LogP contribution < -0.4 is 0 Å². The third kappa shape index (κ3) is 77.3. The zero-order chi connectivity index (χ0) is 87.2. The van der Waals surface area contributed by atoms with Gasteiger partial charge in [-0.15, -0.1) is 0 Å². The average Bonchev–Trinajstić information content (AvgIpc) is 0.836. The Bertz CT molecular complexity index is 2180. The normalized spacial score (nSPS) is 19.2. The van der Waals surface area contributed by atoms with Gasteiger partial charge >= 0.3 is 1470 Å². The zero-order valence-electron chi connectivity index (χ0n) is 41.6. The first-order chi connectivity index (χ1) is 50.0. The van der Waals surface area contributed by atoms with E-state index in [4.69, 9.17) is 0 Å². The van der Waals surface area contributed by atoms with Crippen molar-refractivity contribution in [2.24, 2.45) is 0 Å². The number of halogens is 110. The monoisotopic (exact) mass is 14000 g/mol. The van der Waals surface area contributed by atoms with E-state index in [0.29, 0.717) is 0 Å². The number of hydrogen-bond acceptors (Lipinski definition) is 0. The van der Waals surface area contributed by atoms with Gasteiger partial charge in [0.2, 0.25) is 0 Å². The third-order valence-electron chi connectivity index (χ3n) is 4.33. The van der Waals surface area contributed by atoms with Crippen LogP contribution >= 0.6 is 1470 Å². The molecule has 0 aliphatic rings. The van der Waals surface area contributed by atoms with Crippen molar-refractivity contribution >= 4 is 1470 Å². The molecule has 0 aliphatic heterocycles. The van der Waals surface area contributed by atoms with E-state index in [1.807, 2.05) is 0 Å². The standard InChI is InChI=1S/I110/c1-57(2)59(5)61(7)63(9)65(11)67(13)69(15)71(17)73(19)75(21)77(23)79(25)81(27)83(29)85(31)87(33)89(35)91(37)93(39)95(41)97(43)99(45)101(47)103(49)105(51)107(53)109(55)110(56)108(54)106(52)104(50)102(48)100(46)98(44)96(42)94(40)92(38)90(36)88(34)86(32)84(30)82(28)80(26)78(24)76(22)74(20)72(18)70(16)68(14)66(12)64(10)62(8)60(6)58(3)4. The first-order valence-electron chi connectivity index (χ1n) is 15.6. The van der Waals surface area contributed by atoms with Gasteiger partial charge < -0.3 is 0 Å². The van der Waals surface area contributed by atoms with E-state index in [2.05, 4.69) is 1040 Å². The Morgan fingerprint density at radius 2 is 0.0727 bits per heavy atom. The molecule has 0 atom stereocenters. The Kier molecular flexibility index (Phi) is 198. The molecule has 0 spiro atoms. The van der Waals surface area contributed by atoms with Crippen molar-refractivity contribution in [3.8, 4) is 0 Å². The minimum absolute atomic E-state index is 0.493. The molecule has 0 nitrogen and oxygen atoms in total. The summed E-state index contributed by atoms with van der Waals surface area (Å²) in [5.41, 5.74) is 0. The second-order valence-electron chi connectivity index (χ2n) is 8.75. The predicted molar refractivity (Wildman–Crippen MR) is 1540 cm³/mol. The second kappa shape index (κ2) is 114. The summed E-state index contributed by atoms with van der Waals surface area (Å²) >= 11 is 190. The molecule has 0 saturated heterocycles. The molecule has 110 heavy (non-hydrogen) atoms. The fraction of sp³-hybridized carbons (Fsp3) is 0. The summed E-state index contributed by atoms with van der Waals surface area (Å²) in [5.74, 6) is 0. The van der Waals surface area contributed by atoms with Crippen molar-refractivity contribution in [1.29, 1.82) is 0 Å². The van der Waals surface area contributed by atoms with E-state index < -0.39 is 426 Å². The van der Waals surface area contributed by atoms with E-state index >= 15 is 0 Å². The molecular formula is I110. The van der Waals surface area contributed by atoms with Gasteiger partial charge in [0.15, 0.2) is 0 Å². The van der Waals surface area contributed by atoms with Gasteiger partial charge in [-0.1, -0.05) is 0 Å². The molecule has 110 heteroatoms. The van der Waals surface area contributed by atoms with Crippen LogP contribution in [0.3, 0.4) is 0 Å². The summed E-state index contributed by atoms with van der Waals surface area (Å²) in [6.45, 7) is 0. The van der Waals surface area contributed by atoms with E-state index in [-0.39, 0.29) is 0 Å². The molecule has 0 bridgehead atoms. The number of rotatable bonds is 53. The van der Waals surface area contributed by atoms with Crippen LogP contribution in [0.1, 0.15) is 0 Å². The molecular weight excluding hydrogens is 14000 g/mol. The molecule has 0 heterocycles. The second-order valence-corrected chi connectivity index (χ2v) is 2640. The number of hydrogen-bond donors (Lipinski definition) is 0. The van der Waals surface area contributed by atoms with Gasteiger partial charge in [-0.25, -0.2) is 0 Å². The van der Waals surface area contributed by atoms with Crippen molar-refractivity contribution in [3.63, 3.8) is 0 Å². The molecule has 0 saturated carbocycles. The van der Waals surface area contributed by atoms with Gasteiger partial charge in [-0.3, -0.25) is 0 Å². The van der Waals surface area contributed by atoms with Gasteiger partial charge in [-0.2, -0.15) is 0 Å². The van der Waals surface area contributed by atoms with Crippen LogP contribution in [0.25, 0.3) is 0 Å². The Balaban J connectivity index is 5.93. The van der Waals surface area contributed by atoms with Crippen molar-refractivity contribution in [2.45, 2.75) is 0 Å². The SMILES string of the molecule is II(I)I(I)I(I)I(I)I(I)I(I)I(I)I(I)I(I)I(I)I(I)I(I)I(I)I(I)I(I)I(I)I(I)I(I)I(I)I(I)I(I)I(I)I(I)I(I)I(I)I(I)I(I)I(I)I(I)I(I)I(I)I(I)I(I)I(I)I(I)I(I)I(I)I(I)I(I)I(I)I(I)I(I)I(I)I(I)I(I)I(I)I(I)I(I)I(I)I(I)I(I)I(I)I(I)I(I)I. The van der Waals surface area contributed by atoms with Gasteiger partial charge in [0.1, 0.15) is 0 Å². The van der Waals surface area contributed by atoms with Crippen LogP contribution in [0.5, 0.6) is 0 Å². The van der Waals surface area contributed by atoms with Gasteiger partial charge in [-0.05, 0) is 0 Å². The first kappa shape index (κ1) is 190. The van der Waals surface area contributed by atoms with Crippen LogP contribution in [0.15, 0.2) is 0 Å². The van der Waals surface area contributed by atoms with Crippen molar-refractivity contribution in [1.82, 2.24) is 0 Å². The molecule has 0 radical (unpaired) electrons. The topological polar surface area (TPSA) is 0 Å².